The molecule has 0 unspecified atom stereocenters. The van der Waals surface area contributed by atoms with Gasteiger partial charge in [0, 0.05) is 0 Å². The molecule has 2 aromatic carbocycles. The lowest BCUT2D eigenvalue weighted by molar-refractivity contribution is 0.306. The zero-order chi connectivity index (χ0) is 11.9. The molecule has 0 saturated heterocycles. The average Bonchev–Trinajstić information content (AvgIpc) is 2.40. The summed E-state index contributed by atoms with van der Waals surface area (Å²) in [5, 5.41) is 3.46. The predicted octanol–water partition coefficient (Wildman–Crippen LogP) is 2.56. The Hall–Kier alpha value is -2.29. The molecular formula is C14H14N2O. The summed E-state index contributed by atoms with van der Waals surface area (Å²) < 4.78 is 5.65. The molecule has 86 valence electrons. The lowest BCUT2D eigenvalue weighted by atomic mass is 10.2. The van der Waals surface area contributed by atoms with Crippen molar-refractivity contribution in [3.63, 3.8) is 0 Å². The normalized spacial score (nSPS) is 10.6. The van der Waals surface area contributed by atoms with Crippen molar-refractivity contribution in [3.8, 4) is 5.75 Å². The maximum absolute atomic E-state index is 5.65. The van der Waals surface area contributed by atoms with Crippen LogP contribution < -0.4 is 10.6 Å². The van der Waals surface area contributed by atoms with Crippen LogP contribution in [0.25, 0.3) is 0 Å². The Bertz CT molecular complexity index is 477. The first-order chi connectivity index (χ1) is 8.38. The minimum Gasteiger partial charge on any atom is -0.489 e. The van der Waals surface area contributed by atoms with Crippen molar-refractivity contribution in [3.05, 3.63) is 65.7 Å². The van der Waals surface area contributed by atoms with Gasteiger partial charge in [-0.3, -0.25) is 0 Å². The van der Waals surface area contributed by atoms with Crippen LogP contribution in [0, 0.1) is 0 Å². The Kier molecular flexibility index (Phi) is 3.76. The maximum atomic E-state index is 5.65. The van der Waals surface area contributed by atoms with E-state index in [1.165, 1.54) is 0 Å². The molecule has 2 aromatic rings. The number of hydrogen-bond acceptors (Lipinski definition) is 3. The fourth-order valence-corrected chi connectivity index (χ4v) is 1.48. The van der Waals surface area contributed by atoms with Crippen LogP contribution in [0.1, 0.15) is 11.1 Å². The summed E-state index contributed by atoms with van der Waals surface area (Å²) in [4.78, 5) is 0. The van der Waals surface area contributed by atoms with E-state index >= 15 is 0 Å². The molecule has 0 aliphatic rings. The zero-order valence-electron chi connectivity index (χ0n) is 9.41. The Morgan fingerprint density at radius 2 is 1.71 bits per heavy atom. The van der Waals surface area contributed by atoms with Crippen LogP contribution in [0.5, 0.6) is 5.75 Å². The molecule has 0 radical (unpaired) electrons. The molecule has 3 heteroatoms. The molecule has 17 heavy (non-hydrogen) atoms. The monoisotopic (exact) mass is 226 g/mol. The van der Waals surface area contributed by atoms with Crippen LogP contribution in [0.4, 0.5) is 0 Å². The van der Waals surface area contributed by atoms with E-state index in [0.29, 0.717) is 6.61 Å². The molecule has 3 nitrogen and oxygen atoms in total. The van der Waals surface area contributed by atoms with Gasteiger partial charge in [0.2, 0.25) is 0 Å². The summed E-state index contributed by atoms with van der Waals surface area (Å²) in [7, 11) is 0. The Labute approximate surface area is 101 Å². The van der Waals surface area contributed by atoms with Gasteiger partial charge in [0.05, 0.1) is 6.21 Å². The first-order valence-electron chi connectivity index (χ1n) is 5.38. The Morgan fingerprint density at radius 1 is 1.00 bits per heavy atom. The van der Waals surface area contributed by atoms with Gasteiger partial charge in [0.25, 0.3) is 0 Å². The van der Waals surface area contributed by atoms with E-state index < -0.39 is 0 Å². The van der Waals surface area contributed by atoms with Crippen LogP contribution in [-0.4, -0.2) is 6.21 Å². The minimum atomic E-state index is 0.575. The van der Waals surface area contributed by atoms with Crippen molar-refractivity contribution in [1.29, 1.82) is 0 Å². The fourth-order valence-electron chi connectivity index (χ4n) is 1.48. The number of nitrogens with two attached hydrogens (primary N) is 1. The highest BCUT2D eigenvalue weighted by molar-refractivity contribution is 5.79. The quantitative estimate of drug-likeness (QED) is 0.495. The molecular weight excluding hydrogens is 212 g/mol. The molecule has 0 aliphatic heterocycles. The second-order valence-corrected chi connectivity index (χ2v) is 3.62. The van der Waals surface area contributed by atoms with E-state index in [-0.39, 0.29) is 0 Å². The summed E-state index contributed by atoms with van der Waals surface area (Å²) in [5.74, 6) is 5.91. The van der Waals surface area contributed by atoms with E-state index in [1.807, 2.05) is 54.6 Å². The molecule has 0 bridgehead atoms. The Balaban J connectivity index is 1.95. The van der Waals surface area contributed by atoms with E-state index in [0.717, 1.165) is 16.9 Å². The summed E-state index contributed by atoms with van der Waals surface area (Å²) in [6.07, 6.45) is 1.60. The molecule has 0 aliphatic carbocycles. The topological polar surface area (TPSA) is 47.6 Å². The minimum absolute atomic E-state index is 0.575. The van der Waals surface area contributed by atoms with Crippen molar-refractivity contribution in [2.45, 2.75) is 6.61 Å². The van der Waals surface area contributed by atoms with Gasteiger partial charge < -0.3 is 10.6 Å². The maximum Gasteiger partial charge on any atom is 0.119 e. The second-order valence-electron chi connectivity index (χ2n) is 3.62. The molecule has 0 fully saturated rings. The van der Waals surface area contributed by atoms with Crippen LogP contribution in [0.15, 0.2) is 59.7 Å². The lowest BCUT2D eigenvalue weighted by Crippen LogP contribution is -1.95. The van der Waals surface area contributed by atoms with Crippen molar-refractivity contribution in [2.75, 3.05) is 0 Å². The molecule has 2 N–H and O–H groups in total. The standard InChI is InChI=1S/C14H14N2O/c15-16-10-12-6-8-14(9-7-12)17-11-13-4-2-1-3-5-13/h1-10H,11,15H2/b16-10-. The largest absolute Gasteiger partial charge is 0.489 e. The van der Waals surface area contributed by atoms with Crippen LogP contribution >= 0.6 is 0 Å². The van der Waals surface area contributed by atoms with Gasteiger partial charge in [0.15, 0.2) is 0 Å². The van der Waals surface area contributed by atoms with Gasteiger partial charge in [-0.15, -0.1) is 0 Å². The van der Waals surface area contributed by atoms with E-state index in [9.17, 15) is 0 Å². The lowest BCUT2D eigenvalue weighted by Gasteiger charge is -2.06. The third kappa shape index (κ3) is 3.34. The van der Waals surface area contributed by atoms with Crippen LogP contribution in [-0.2, 0) is 6.61 Å². The van der Waals surface area contributed by atoms with E-state index in [1.54, 1.807) is 6.21 Å². The van der Waals surface area contributed by atoms with E-state index in [4.69, 9.17) is 10.6 Å². The molecule has 0 saturated carbocycles. The third-order valence-corrected chi connectivity index (χ3v) is 2.35. The number of ether oxygens (including phenoxy) is 1. The van der Waals surface area contributed by atoms with Crippen molar-refractivity contribution in [1.82, 2.24) is 0 Å². The highest BCUT2D eigenvalue weighted by Crippen LogP contribution is 2.13. The van der Waals surface area contributed by atoms with Crippen molar-refractivity contribution in [2.24, 2.45) is 10.9 Å². The number of hydrogen-bond donors (Lipinski definition) is 1. The highest BCUT2D eigenvalue weighted by atomic mass is 16.5. The number of benzene rings is 2. The summed E-state index contributed by atoms with van der Waals surface area (Å²) in [5.41, 5.74) is 2.11. The van der Waals surface area contributed by atoms with Gasteiger partial charge in [-0.05, 0) is 35.4 Å². The van der Waals surface area contributed by atoms with Crippen LogP contribution in [0.3, 0.4) is 0 Å². The van der Waals surface area contributed by atoms with Gasteiger partial charge in [0.1, 0.15) is 12.4 Å². The SMILES string of the molecule is N/N=C\c1ccc(OCc2ccccc2)cc1. The van der Waals surface area contributed by atoms with E-state index in [2.05, 4.69) is 5.10 Å². The third-order valence-electron chi connectivity index (χ3n) is 2.35. The van der Waals surface area contributed by atoms with Crippen molar-refractivity contribution < 1.29 is 4.74 Å². The summed E-state index contributed by atoms with van der Waals surface area (Å²) in [6.45, 7) is 0.575. The molecule has 0 aromatic heterocycles. The molecule has 0 spiro atoms. The molecule has 0 heterocycles. The van der Waals surface area contributed by atoms with Gasteiger partial charge in [-0.1, -0.05) is 30.3 Å². The van der Waals surface area contributed by atoms with Gasteiger partial charge in [-0.2, -0.15) is 5.10 Å². The van der Waals surface area contributed by atoms with Crippen LogP contribution in [0.2, 0.25) is 0 Å². The summed E-state index contributed by atoms with van der Waals surface area (Å²) in [6, 6.07) is 17.7. The molecule has 0 atom stereocenters. The van der Waals surface area contributed by atoms with Crippen molar-refractivity contribution >= 4 is 6.21 Å². The fraction of sp³-hybridized carbons (Fsp3) is 0.0714. The highest BCUT2D eigenvalue weighted by Gasteiger charge is 1.95. The number of nitrogens with zero attached hydrogens (tertiary/aromatic N) is 1. The second kappa shape index (κ2) is 5.70. The average molecular weight is 226 g/mol. The van der Waals surface area contributed by atoms with Gasteiger partial charge in [-0.25, -0.2) is 0 Å². The first-order valence-corrected chi connectivity index (χ1v) is 5.38. The Morgan fingerprint density at radius 3 is 2.35 bits per heavy atom. The number of rotatable bonds is 4. The smallest absolute Gasteiger partial charge is 0.119 e. The first kappa shape index (κ1) is 11.2. The molecule has 2 rings (SSSR count). The zero-order valence-corrected chi connectivity index (χ0v) is 9.41. The summed E-state index contributed by atoms with van der Waals surface area (Å²) >= 11 is 0. The van der Waals surface area contributed by atoms with Gasteiger partial charge >= 0.3 is 0 Å². The molecule has 0 amide bonds. The predicted molar refractivity (Wildman–Crippen MR) is 69.0 cm³/mol. The number of hydrazone groups is 1.